The molecule has 20 heavy (non-hydrogen) atoms. The van der Waals surface area contributed by atoms with Gasteiger partial charge in [-0.2, -0.15) is 0 Å². The van der Waals surface area contributed by atoms with Crippen molar-refractivity contribution in [3.05, 3.63) is 36.0 Å². The second-order valence-electron chi connectivity index (χ2n) is 4.63. The molecule has 5 nitrogen and oxygen atoms in total. The number of hydrogen-bond donors (Lipinski definition) is 1. The predicted octanol–water partition coefficient (Wildman–Crippen LogP) is 2.38. The Kier molecular flexibility index (Phi) is 4.08. The summed E-state index contributed by atoms with van der Waals surface area (Å²) >= 11 is 0. The lowest BCUT2D eigenvalue weighted by atomic mass is 9.94. The number of esters is 2. The van der Waals surface area contributed by atoms with Crippen molar-refractivity contribution < 1.29 is 19.1 Å². The molecule has 1 aromatic carbocycles. The minimum Gasteiger partial charge on any atom is -0.466 e. The van der Waals surface area contributed by atoms with Crippen LogP contribution in [0.4, 0.5) is 0 Å². The number of hydrogen-bond acceptors (Lipinski definition) is 4. The fourth-order valence-electron chi connectivity index (χ4n) is 2.28. The van der Waals surface area contributed by atoms with E-state index in [4.69, 9.17) is 9.47 Å². The highest BCUT2D eigenvalue weighted by atomic mass is 16.6. The van der Waals surface area contributed by atoms with Gasteiger partial charge in [-0.05, 0) is 11.6 Å². The fraction of sp³-hybridized carbons (Fsp3) is 0.333. The van der Waals surface area contributed by atoms with Gasteiger partial charge < -0.3 is 14.5 Å². The van der Waals surface area contributed by atoms with Crippen molar-refractivity contribution in [1.82, 2.24) is 4.98 Å². The number of benzene rings is 1. The van der Waals surface area contributed by atoms with Crippen LogP contribution in [0, 0.1) is 0 Å². The Balaban J connectivity index is 2.38. The van der Waals surface area contributed by atoms with Crippen molar-refractivity contribution in [3.63, 3.8) is 0 Å². The molecule has 106 valence electrons. The number of carbonyl (C=O) groups is 2. The summed E-state index contributed by atoms with van der Waals surface area (Å²) in [5.41, 5.74) is 1.89. The van der Waals surface area contributed by atoms with Gasteiger partial charge in [0.2, 0.25) is 6.10 Å². The van der Waals surface area contributed by atoms with Crippen LogP contribution in [0.5, 0.6) is 0 Å². The maximum Gasteiger partial charge on any atom is 0.347 e. The molecule has 0 amide bonds. The zero-order valence-corrected chi connectivity index (χ0v) is 11.7. The van der Waals surface area contributed by atoms with Gasteiger partial charge in [-0.25, -0.2) is 4.79 Å². The van der Waals surface area contributed by atoms with E-state index in [1.165, 1.54) is 14.0 Å². The second kappa shape index (κ2) is 5.77. The fourth-order valence-corrected chi connectivity index (χ4v) is 2.28. The molecule has 0 aliphatic rings. The topological polar surface area (TPSA) is 68.4 Å². The maximum absolute atomic E-state index is 11.8. The lowest BCUT2D eigenvalue weighted by Gasteiger charge is -2.21. The average molecular weight is 275 g/mol. The van der Waals surface area contributed by atoms with E-state index in [0.29, 0.717) is 0 Å². The lowest BCUT2D eigenvalue weighted by Crippen LogP contribution is -2.32. The summed E-state index contributed by atoms with van der Waals surface area (Å²) in [7, 11) is 1.28. The van der Waals surface area contributed by atoms with Crippen molar-refractivity contribution in [3.8, 4) is 0 Å². The first-order valence-corrected chi connectivity index (χ1v) is 6.35. The van der Waals surface area contributed by atoms with Gasteiger partial charge in [-0.3, -0.25) is 4.79 Å². The predicted molar refractivity (Wildman–Crippen MR) is 74.3 cm³/mol. The molecule has 0 radical (unpaired) electrons. The van der Waals surface area contributed by atoms with Gasteiger partial charge in [0, 0.05) is 29.9 Å². The molecule has 1 aromatic heterocycles. The van der Waals surface area contributed by atoms with Gasteiger partial charge in [-0.15, -0.1) is 0 Å². The van der Waals surface area contributed by atoms with Crippen molar-refractivity contribution in [2.45, 2.75) is 25.9 Å². The quantitative estimate of drug-likeness (QED) is 0.870. The van der Waals surface area contributed by atoms with E-state index in [1.807, 2.05) is 37.4 Å². The molecule has 0 saturated carbocycles. The van der Waals surface area contributed by atoms with Crippen LogP contribution in [-0.4, -0.2) is 30.1 Å². The Morgan fingerprint density at radius 3 is 2.60 bits per heavy atom. The van der Waals surface area contributed by atoms with E-state index in [-0.39, 0.29) is 5.92 Å². The zero-order chi connectivity index (χ0) is 14.7. The van der Waals surface area contributed by atoms with Crippen molar-refractivity contribution in [2.24, 2.45) is 0 Å². The summed E-state index contributed by atoms with van der Waals surface area (Å²) in [5, 5.41) is 1.00. The van der Waals surface area contributed by atoms with Crippen LogP contribution in [-0.2, 0) is 19.1 Å². The normalized spacial score (nSPS) is 13.8. The molecule has 0 spiro atoms. The van der Waals surface area contributed by atoms with E-state index >= 15 is 0 Å². The van der Waals surface area contributed by atoms with Crippen LogP contribution in [0.3, 0.4) is 0 Å². The number of methoxy groups -OCH3 is 1. The highest BCUT2D eigenvalue weighted by Crippen LogP contribution is 2.29. The van der Waals surface area contributed by atoms with Crippen LogP contribution in [0.2, 0.25) is 0 Å². The molecule has 1 N–H and O–H groups in total. The third kappa shape index (κ3) is 2.66. The number of rotatable bonds is 4. The summed E-state index contributed by atoms with van der Waals surface area (Å²) in [4.78, 5) is 26.1. The zero-order valence-electron chi connectivity index (χ0n) is 11.7. The summed E-state index contributed by atoms with van der Waals surface area (Å²) in [5.74, 6) is -1.37. The van der Waals surface area contributed by atoms with Crippen molar-refractivity contribution >= 4 is 22.8 Å². The Labute approximate surface area is 116 Å². The number of para-hydroxylation sites is 1. The van der Waals surface area contributed by atoms with Crippen LogP contribution in [0.25, 0.3) is 10.9 Å². The summed E-state index contributed by atoms with van der Waals surface area (Å²) in [6, 6.07) is 7.76. The van der Waals surface area contributed by atoms with Gasteiger partial charge in [-0.1, -0.05) is 25.1 Å². The van der Waals surface area contributed by atoms with E-state index < -0.39 is 18.0 Å². The molecule has 2 aromatic rings. The van der Waals surface area contributed by atoms with E-state index in [9.17, 15) is 9.59 Å². The van der Waals surface area contributed by atoms with E-state index in [0.717, 1.165) is 16.5 Å². The molecule has 2 unspecified atom stereocenters. The first-order chi connectivity index (χ1) is 9.54. The molecular formula is C15H17NO4. The third-order valence-electron chi connectivity index (χ3n) is 3.29. The Bertz CT molecular complexity index is 632. The number of carbonyl (C=O) groups excluding carboxylic acids is 2. The van der Waals surface area contributed by atoms with Gasteiger partial charge in [0.1, 0.15) is 0 Å². The van der Waals surface area contributed by atoms with E-state index in [2.05, 4.69) is 4.98 Å². The standard InChI is InChI=1S/C15H17NO4/c1-9(14(15(18)19-3)20-10(2)17)12-8-16-13-7-5-4-6-11(12)13/h4-9,14,16H,1-3H3. The molecule has 0 saturated heterocycles. The minimum atomic E-state index is -0.947. The second-order valence-corrected chi connectivity index (χ2v) is 4.63. The van der Waals surface area contributed by atoms with Gasteiger partial charge in [0.05, 0.1) is 7.11 Å². The lowest BCUT2D eigenvalue weighted by molar-refractivity contribution is -0.166. The van der Waals surface area contributed by atoms with Crippen LogP contribution < -0.4 is 0 Å². The third-order valence-corrected chi connectivity index (χ3v) is 3.29. The number of fused-ring (bicyclic) bond motifs is 1. The molecular weight excluding hydrogens is 258 g/mol. The molecule has 0 fully saturated rings. The van der Waals surface area contributed by atoms with Crippen molar-refractivity contribution in [1.29, 1.82) is 0 Å². The number of aromatic nitrogens is 1. The molecule has 0 aliphatic carbocycles. The highest BCUT2D eigenvalue weighted by Gasteiger charge is 2.31. The number of H-pyrrole nitrogens is 1. The Morgan fingerprint density at radius 1 is 1.25 bits per heavy atom. The number of ether oxygens (including phenoxy) is 2. The van der Waals surface area contributed by atoms with Crippen LogP contribution in [0.1, 0.15) is 25.3 Å². The van der Waals surface area contributed by atoms with Gasteiger partial charge in [0.25, 0.3) is 0 Å². The van der Waals surface area contributed by atoms with Crippen LogP contribution >= 0.6 is 0 Å². The molecule has 5 heteroatoms. The van der Waals surface area contributed by atoms with Crippen molar-refractivity contribution in [2.75, 3.05) is 7.11 Å². The molecule has 2 rings (SSSR count). The Morgan fingerprint density at radius 2 is 1.95 bits per heavy atom. The summed E-state index contributed by atoms with van der Waals surface area (Å²) in [6.07, 6.45) is 0.881. The molecule has 0 bridgehead atoms. The molecule has 0 aliphatic heterocycles. The number of nitrogens with one attached hydrogen (secondary N) is 1. The largest absolute Gasteiger partial charge is 0.466 e. The van der Waals surface area contributed by atoms with Gasteiger partial charge >= 0.3 is 11.9 Å². The van der Waals surface area contributed by atoms with E-state index in [1.54, 1.807) is 0 Å². The minimum absolute atomic E-state index is 0.303. The molecule has 1 heterocycles. The highest BCUT2D eigenvalue weighted by molar-refractivity contribution is 5.86. The summed E-state index contributed by atoms with van der Waals surface area (Å²) < 4.78 is 9.83. The summed E-state index contributed by atoms with van der Waals surface area (Å²) in [6.45, 7) is 3.11. The Hall–Kier alpha value is -2.30. The first kappa shape index (κ1) is 14.1. The number of aromatic amines is 1. The SMILES string of the molecule is COC(=O)C(OC(C)=O)C(C)c1c[nH]c2ccccc12. The first-order valence-electron chi connectivity index (χ1n) is 6.35. The monoisotopic (exact) mass is 275 g/mol. The average Bonchev–Trinajstić information content (AvgIpc) is 2.87. The molecule has 2 atom stereocenters. The van der Waals surface area contributed by atoms with Gasteiger partial charge in [0.15, 0.2) is 0 Å². The maximum atomic E-state index is 11.8. The smallest absolute Gasteiger partial charge is 0.347 e. The van der Waals surface area contributed by atoms with Crippen LogP contribution in [0.15, 0.2) is 30.5 Å².